The Morgan fingerprint density at radius 3 is 1.70 bits per heavy atom. The van der Waals surface area contributed by atoms with E-state index in [-0.39, 0.29) is 0 Å². The van der Waals surface area contributed by atoms with Crippen LogP contribution in [0, 0.1) is 20.2 Å². The number of nitrogens with zero attached hydrogens (tertiary/aromatic N) is 2. The monoisotopic (exact) mass is 154 g/mol. The van der Waals surface area contributed by atoms with Crippen molar-refractivity contribution in [2.75, 3.05) is 6.67 Å². The second kappa shape index (κ2) is 2.52. The van der Waals surface area contributed by atoms with Crippen LogP contribution in [-0.2, 0) is 0 Å². The number of hydrogen-bond acceptors (Lipinski definition) is 5. The third-order valence-corrected chi connectivity index (χ3v) is 0.764. The highest BCUT2D eigenvalue weighted by Crippen LogP contribution is 2.05. The van der Waals surface area contributed by atoms with E-state index in [1.165, 1.54) is 0 Å². The topological polar surface area (TPSA) is 107 Å². The molecular weight excluding hydrogens is 151 g/mol. The van der Waals surface area contributed by atoms with Crippen LogP contribution in [0.1, 0.15) is 0 Å². The van der Waals surface area contributed by atoms with Crippen molar-refractivity contribution >= 4 is 0 Å². The maximum absolute atomic E-state index is 11.4. The molecule has 0 atom stereocenters. The summed E-state index contributed by atoms with van der Waals surface area (Å²) in [6.07, 6.45) is 0. The standard InChI is InChI=1S/C2H3FN2O5/c3-1-2(6,4(7)8)5(9)10/h6H,1H2. The summed E-state index contributed by atoms with van der Waals surface area (Å²) in [7, 11) is 0. The molecule has 0 aliphatic carbocycles. The number of aliphatic hydroxyl groups is 1. The van der Waals surface area contributed by atoms with Gasteiger partial charge in [-0.25, -0.2) is 4.39 Å². The van der Waals surface area contributed by atoms with Crippen molar-refractivity contribution in [3.8, 4) is 0 Å². The fraction of sp³-hybridized carbons (Fsp3) is 1.00. The summed E-state index contributed by atoms with van der Waals surface area (Å²) in [6, 6.07) is 0. The summed E-state index contributed by atoms with van der Waals surface area (Å²) >= 11 is 0. The first-order valence-electron chi connectivity index (χ1n) is 2.02. The van der Waals surface area contributed by atoms with Gasteiger partial charge in [0.05, 0.1) is 0 Å². The quantitative estimate of drug-likeness (QED) is 0.324. The molecule has 0 aromatic heterocycles. The van der Waals surface area contributed by atoms with Gasteiger partial charge in [0.25, 0.3) is 6.67 Å². The number of alkyl halides is 1. The van der Waals surface area contributed by atoms with Crippen LogP contribution in [0.5, 0.6) is 0 Å². The first kappa shape index (κ1) is 8.69. The predicted molar refractivity (Wildman–Crippen MR) is 24.9 cm³/mol. The molecule has 0 aliphatic rings. The van der Waals surface area contributed by atoms with Crippen LogP contribution in [-0.4, -0.2) is 27.5 Å². The lowest BCUT2D eigenvalue weighted by molar-refractivity contribution is -0.847. The van der Waals surface area contributed by atoms with Gasteiger partial charge in [0.2, 0.25) is 0 Å². The second-order valence-electron chi connectivity index (χ2n) is 1.42. The maximum atomic E-state index is 11.4. The first-order valence-corrected chi connectivity index (χ1v) is 2.02. The molecule has 0 radical (unpaired) electrons. The third kappa shape index (κ3) is 1.16. The Bertz CT molecular complexity index is 155. The Balaban J connectivity index is 4.55. The van der Waals surface area contributed by atoms with Crippen LogP contribution in [0.25, 0.3) is 0 Å². The second-order valence-corrected chi connectivity index (χ2v) is 1.42. The van der Waals surface area contributed by atoms with Gasteiger partial charge in [-0.2, -0.15) is 0 Å². The van der Waals surface area contributed by atoms with Crippen LogP contribution >= 0.6 is 0 Å². The van der Waals surface area contributed by atoms with Gasteiger partial charge in [-0.3, -0.25) is 25.3 Å². The summed E-state index contributed by atoms with van der Waals surface area (Å²) in [4.78, 5) is 15.7. The molecule has 10 heavy (non-hydrogen) atoms. The molecule has 0 aromatic carbocycles. The molecule has 0 heterocycles. The summed E-state index contributed by atoms with van der Waals surface area (Å²) < 4.78 is 11.4. The van der Waals surface area contributed by atoms with Crippen LogP contribution in [0.2, 0.25) is 0 Å². The Morgan fingerprint density at radius 2 is 1.70 bits per heavy atom. The molecule has 58 valence electrons. The minimum Gasteiger partial charge on any atom is -0.267 e. The van der Waals surface area contributed by atoms with Gasteiger partial charge in [-0.05, 0) is 0 Å². The maximum Gasteiger partial charge on any atom is 0.604 e. The summed E-state index contributed by atoms with van der Waals surface area (Å²) in [5, 5.41) is 27.3. The predicted octanol–water partition coefficient (Wildman–Crippen LogP) is -0.845. The van der Waals surface area contributed by atoms with Gasteiger partial charge >= 0.3 is 5.85 Å². The molecule has 1 N–H and O–H groups in total. The molecule has 0 saturated heterocycles. The highest BCUT2D eigenvalue weighted by Gasteiger charge is 2.55. The molecule has 0 saturated carbocycles. The van der Waals surface area contributed by atoms with E-state index in [2.05, 4.69) is 0 Å². The SMILES string of the molecule is O=[N+]([O-])C(O)(CF)[N+](=O)[O-]. The van der Waals surface area contributed by atoms with Gasteiger partial charge < -0.3 is 0 Å². The zero-order valence-electron chi connectivity index (χ0n) is 4.56. The molecule has 0 spiro atoms. The van der Waals surface area contributed by atoms with Gasteiger partial charge in [-0.1, -0.05) is 0 Å². The van der Waals surface area contributed by atoms with E-state index in [0.717, 1.165) is 0 Å². The smallest absolute Gasteiger partial charge is 0.267 e. The highest BCUT2D eigenvalue weighted by atomic mass is 19.1. The van der Waals surface area contributed by atoms with E-state index in [4.69, 9.17) is 5.11 Å². The molecule has 0 bridgehead atoms. The average molecular weight is 154 g/mol. The molecule has 0 amide bonds. The summed E-state index contributed by atoms with van der Waals surface area (Å²) in [5.41, 5.74) is 0. The number of hydrogen-bond donors (Lipinski definition) is 1. The molecule has 7 nitrogen and oxygen atoms in total. The van der Waals surface area contributed by atoms with Gasteiger partial charge in [0.15, 0.2) is 0 Å². The molecule has 8 heteroatoms. The molecule has 0 rings (SSSR count). The normalized spacial score (nSPS) is 11.0. The van der Waals surface area contributed by atoms with Crippen molar-refractivity contribution in [1.82, 2.24) is 0 Å². The number of rotatable bonds is 3. The van der Waals surface area contributed by atoms with E-state index in [9.17, 15) is 24.6 Å². The lowest BCUT2D eigenvalue weighted by Gasteiger charge is -2.04. The van der Waals surface area contributed by atoms with E-state index in [1.807, 2.05) is 0 Å². The molecule has 0 aromatic rings. The minimum atomic E-state index is -3.68. The molecular formula is C2H3FN2O5. The highest BCUT2D eigenvalue weighted by molar-refractivity contribution is 4.45. The fourth-order valence-corrected chi connectivity index (χ4v) is 0.164. The molecule has 0 fully saturated rings. The fourth-order valence-electron chi connectivity index (χ4n) is 0.164. The van der Waals surface area contributed by atoms with Crippen LogP contribution in [0.3, 0.4) is 0 Å². The van der Waals surface area contributed by atoms with Gasteiger partial charge in [-0.15, -0.1) is 0 Å². The Morgan fingerprint density at radius 1 is 1.40 bits per heavy atom. The Hall–Kier alpha value is -1.31. The van der Waals surface area contributed by atoms with E-state index >= 15 is 0 Å². The lowest BCUT2D eigenvalue weighted by atomic mass is 10.5. The third-order valence-electron chi connectivity index (χ3n) is 0.764. The first-order chi connectivity index (χ1) is 4.45. The zero-order chi connectivity index (χ0) is 8.36. The van der Waals surface area contributed by atoms with Crippen LogP contribution in [0.15, 0.2) is 0 Å². The van der Waals surface area contributed by atoms with Crippen LogP contribution < -0.4 is 0 Å². The van der Waals surface area contributed by atoms with Crippen molar-refractivity contribution in [3.63, 3.8) is 0 Å². The Labute approximate surface area is 53.4 Å². The summed E-state index contributed by atoms with van der Waals surface area (Å²) in [5.74, 6) is -3.68. The van der Waals surface area contributed by atoms with Crippen molar-refractivity contribution in [2.45, 2.75) is 5.85 Å². The van der Waals surface area contributed by atoms with Crippen LogP contribution in [0.4, 0.5) is 4.39 Å². The lowest BCUT2D eigenvalue weighted by Crippen LogP contribution is -2.48. The molecule has 0 aliphatic heterocycles. The summed E-state index contributed by atoms with van der Waals surface area (Å²) in [6.45, 7) is -2.05. The molecule has 0 unspecified atom stereocenters. The van der Waals surface area contributed by atoms with Crippen molar-refractivity contribution in [1.29, 1.82) is 0 Å². The van der Waals surface area contributed by atoms with Crippen molar-refractivity contribution in [2.24, 2.45) is 0 Å². The minimum absolute atomic E-state index is 1.70. The Kier molecular flexibility index (Phi) is 2.19. The average Bonchev–Trinajstić information content (AvgIpc) is 1.85. The van der Waals surface area contributed by atoms with E-state index < -0.39 is 22.4 Å². The van der Waals surface area contributed by atoms with Crippen molar-refractivity contribution in [3.05, 3.63) is 20.2 Å². The van der Waals surface area contributed by atoms with E-state index in [1.54, 1.807) is 0 Å². The number of nitro groups is 2. The number of halogens is 1. The van der Waals surface area contributed by atoms with E-state index in [0.29, 0.717) is 0 Å². The zero-order valence-corrected chi connectivity index (χ0v) is 4.56. The van der Waals surface area contributed by atoms with Gasteiger partial charge in [0, 0.05) is 0 Å². The van der Waals surface area contributed by atoms with Gasteiger partial charge in [0.1, 0.15) is 9.85 Å². The largest absolute Gasteiger partial charge is 0.604 e. The van der Waals surface area contributed by atoms with Crippen molar-refractivity contribution < 1.29 is 19.3 Å².